The number of benzene rings is 1. The van der Waals surface area contributed by atoms with Crippen LogP contribution in [0.25, 0.3) is 0 Å². The fourth-order valence-corrected chi connectivity index (χ4v) is 1.83. The summed E-state index contributed by atoms with van der Waals surface area (Å²) in [4.78, 5) is 22.1. The van der Waals surface area contributed by atoms with Gasteiger partial charge in [0, 0.05) is 17.8 Å². The second-order valence-electron chi connectivity index (χ2n) is 4.14. The van der Waals surface area contributed by atoms with Gasteiger partial charge in [0.25, 0.3) is 11.6 Å². The number of carbonyl (C=O) groups excluding carboxylic acids is 1. The maximum absolute atomic E-state index is 11.9. The predicted molar refractivity (Wildman–Crippen MR) is 69.2 cm³/mol. The number of amides is 1. The van der Waals surface area contributed by atoms with E-state index in [1.807, 2.05) is 0 Å². The summed E-state index contributed by atoms with van der Waals surface area (Å²) in [6, 6.07) is 6.01. The van der Waals surface area contributed by atoms with Crippen molar-refractivity contribution >= 4 is 17.3 Å². The van der Waals surface area contributed by atoms with Crippen molar-refractivity contribution in [2.24, 2.45) is 0 Å². The maximum atomic E-state index is 11.9. The number of carbonyl (C=O) groups is 1. The van der Waals surface area contributed by atoms with Gasteiger partial charge in [-0.3, -0.25) is 14.9 Å². The fraction of sp³-hybridized carbons (Fsp3) is 0.154. The van der Waals surface area contributed by atoms with Gasteiger partial charge in [-0.15, -0.1) is 0 Å². The summed E-state index contributed by atoms with van der Waals surface area (Å²) in [5.41, 5.74) is 1.83. The van der Waals surface area contributed by atoms with Crippen LogP contribution < -0.4 is 5.32 Å². The standard InChI is InChI=1S/C13H12N2O4/c1-8-6-10(15(17)18)7-9(2)12(8)14-13(16)11-4-3-5-19-11/h3-7H,1-2H3,(H,14,16). The Kier molecular flexibility index (Phi) is 3.33. The van der Waals surface area contributed by atoms with Crippen LogP contribution in [-0.4, -0.2) is 10.8 Å². The Labute approximate surface area is 109 Å². The van der Waals surface area contributed by atoms with Crippen molar-refractivity contribution in [1.29, 1.82) is 0 Å². The van der Waals surface area contributed by atoms with Crippen LogP contribution in [0.15, 0.2) is 34.9 Å². The van der Waals surface area contributed by atoms with Gasteiger partial charge in [-0.2, -0.15) is 0 Å². The molecule has 1 amide bonds. The number of hydrogen-bond donors (Lipinski definition) is 1. The van der Waals surface area contributed by atoms with Gasteiger partial charge < -0.3 is 9.73 Å². The molecule has 98 valence electrons. The van der Waals surface area contributed by atoms with Crippen molar-refractivity contribution in [3.05, 3.63) is 57.5 Å². The molecule has 19 heavy (non-hydrogen) atoms. The SMILES string of the molecule is Cc1cc([N+](=O)[O-])cc(C)c1NC(=O)c1ccco1. The van der Waals surface area contributed by atoms with Gasteiger partial charge in [0.2, 0.25) is 0 Å². The molecule has 0 fully saturated rings. The van der Waals surface area contributed by atoms with Crippen molar-refractivity contribution in [2.75, 3.05) is 5.32 Å². The Morgan fingerprint density at radius 2 is 1.95 bits per heavy atom. The summed E-state index contributed by atoms with van der Waals surface area (Å²) in [5.74, 6) is -0.192. The average molecular weight is 260 g/mol. The van der Waals surface area contributed by atoms with Gasteiger partial charge in [0.15, 0.2) is 5.76 Å². The minimum absolute atomic E-state index is 0.00555. The molecule has 0 radical (unpaired) electrons. The highest BCUT2D eigenvalue weighted by atomic mass is 16.6. The highest BCUT2D eigenvalue weighted by Gasteiger charge is 2.15. The smallest absolute Gasteiger partial charge is 0.291 e. The molecule has 0 atom stereocenters. The summed E-state index contributed by atoms with van der Waals surface area (Å²) < 4.78 is 4.99. The number of furan rings is 1. The number of hydrogen-bond acceptors (Lipinski definition) is 4. The van der Waals surface area contributed by atoms with Gasteiger partial charge >= 0.3 is 0 Å². The zero-order chi connectivity index (χ0) is 14.0. The normalized spacial score (nSPS) is 10.2. The molecule has 6 nitrogen and oxygen atoms in total. The number of nitro benzene ring substituents is 1. The van der Waals surface area contributed by atoms with Crippen LogP contribution in [0, 0.1) is 24.0 Å². The first-order valence-electron chi connectivity index (χ1n) is 5.59. The molecular formula is C13H12N2O4. The molecule has 0 saturated carbocycles. The van der Waals surface area contributed by atoms with Crippen molar-refractivity contribution in [2.45, 2.75) is 13.8 Å². The lowest BCUT2D eigenvalue weighted by molar-refractivity contribution is -0.384. The second kappa shape index (κ2) is 4.93. The Morgan fingerprint density at radius 1 is 1.32 bits per heavy atom. The van der Waals surface area contributed by atoms with Gasteiger partial charge in [-0.1, -0.05) is 0 Å². The van der Waals surface area contributed by atoms with E-state index in [4.69, 9.17) is 4.42 Å². The van der Waals surface area contributed by atoms with Gasteiger partial charge in [0.05, 0.1) is 11.2 Å². The highest BCUT2D eigenvalue weighted by molar-refractivity contribution is 6.03. The minimum atomic E-state index is -0.460. The Bertz CT molecular complexity index is 609. The zero-order valence-electron chi connectivity index (χ0n) is 10.5. The van der Waals surface area contributed by atoms with E-state index in [1.165, 1.54) is 18.4 Å². The topological polar surface area (TPSA) is 85.4 Å². The number of non-ortho nitro benzene ring substituents is 1. The van der Waals surface area contributed by atoms with Crippen molar-refractivity contribution in [3.63, 3.8) is 0 Å². The summed E-state index contributed by atoms with van der Waals surface area (Å²) in [6.07, 6.45) is 1.41. The first-order chi connectivity index (χ1) is 8.99. The summed E-state index contributed by atoms with van der Waals surface area (Å²) in [5, 5.41) is 13.4. The van der Waals surface area contributed by atoms with E-state index in [-0.39, 0.29) is 17.4 Å². The molecule has 0 aliphatic rings. The number of nitrogens with one attached hydrogen (secondary N) is 1. The van der Waals surface area contributed by atoms with E-state index in [1.54, 1.807) is 26.0 Å². The molecule has 0 aliphatic heterocycles. The summed E-state index contributed by atoms with van der Waals surface area (Å²) >= 11 is 0. The fourth-order valence-electron chi connectivity index (χ4n) is 1.83. The Balaban J connectivity index is 2.31. The van der Waals surface area contributed by atoms with Crippen LogP contribution in [-0.2, 0) is 0 Å². The summed E-state index contributed by atoms with van der Waals surface area (Å²) in [6.45, 7) is 3.41. The molecule has 1 N–H and O–H groups in total. The molecule has 0 unspecified atom stereocenters. The van der Waals surface area contributed by atoms with E-state index < -0.39 is 4.92 Å². The Morgan fingerprint density at radius 3 is 2.42 bits per heavy atom. The molecule has 0 saturated heterocycles. The van der Waals surface area contributed by atoms with Crippen molar-refractivity contribution in [1.82, 2.24) is 0 Å². The molecule has 0 aliphatic carbocycles. The third-order valence-corrected chi connectivity index (χ3v) is 2.71. The summed E-state index contributed by atoms with van der Waals surface area (Å²) in [7, 11) is 0. The lowest BCUT2D eigenvalue weighted by Crippen LogP contribution is -2.13. The van der Waals surface area contributed by atoms with E-state index in [2.05, 4.69) is 5.32 Å². The van der Waals surface area contributed by atoms with E-state index in [0.717, 1.165) is 0 Å². The van der Waals surface area contributed by atoms with E-state index >= 15 is 0 Å². The predicted octanol–water partition coefficient (Wildman–Crippen LogP) is 3.06. The molecule has 0 spiro atoms. The van der Waals surface area contributed by atoms with Crippen LogP contribution in [0.2, 0.25) is 0 Å². The first kappa shape index (κ1) is 12.8. The molecule has 6 heteroatoms. The van der Waals surface area contributed by atoms with Crippen LogP contribution >= 0.6 is 0 Å². The largest absolute Gasteiger partial charge is 0.459 e. The molecule has 1 heterocycles. The third-order valence-electron chi connectivity index (χ3n) is 2.71. The van der Waals surface area contributed by atoms with Gasteiger partial charge in [-0.05, 0) is 37.1 Å². The molecule has 1 aromatic carbocycles. The van der Waals surface area contributed by atoms with E-state index in [9.17, 15) is 14.9 Å². The minimum Gasteiger partial charge on any atom is -0.459 e. The lowest BCUT2D eigenvalue weighted by atomic mass is 10.1. The highest BCUT2D eigenvalue weighted by Crippen LogP contribution is 2.26. The number of anilines is 1. The molecule has 0 bridgehead atoms. The monoisotopic (exact) mass is 260 g/mol. The quantitative estimate of drug-likeness (QED) is 0.678. The van der Waals surface area contributed by atoms with Gasteiger partial charge in [-0.25, -0.2) is 0 Å². The molecule has 2 rings (SSSR count). The zero-order valence-corrected chi connectivity index (χ0v) is 10.5. The lowest BCUT2D eigenvalue weighted by Gasteiger charge is -2.10. The third kappa shape index (κ3) is 2.62. The van der Waals surface area contributed by atoms with Gasteiger partial charge in [0.1, 0.15) is 0 Å². The average Bonchev–Trinajstić information content (AvgIpc) is 2.86. The molecular weight excluding hydrogens is 248 g/mol. The van der Waals surface area contributed by atoms with Crippen molar-refractivity contribution < 1.29 is 14.1 Å². The molecule has 1 aromatic heterocycles. The van der Waals surface area contributed by atoms with Crippen molar-refractivity contribution in [3.8, 4) is 0 Å². The Hall–Kier alpha value is -2.63. The van der Waals surface area contributed by atoms with Crippen LogP contribution in [0.1, 0.15) is 21.7 Å². The maximum Gasteiger partial charge on any atom is 0.291 e. The number of nitrogens with zero attached hydrogens (tertiary/aromatic N) is 1. The second-order valence-corrected chi connectivity index (χ2v) is 4.14. The van der Waals surface area contributed by atoms with Crippen LogP contribution in [0.5, 0.6) is 0 Å². The van der Waals surface area contributed by atoms with Crippen LogP contribution in [0.3, 0.4) is 0 Å². The number of nitro groups is 1. The number of aryl methyl sites for hydroxylation is 2. The first-order valence-corrected chi connectivity index (χ1v) is 5.59. The molecule has 2 aromatic rings. The van der Waals surface area contributed by atoms with E-state index in [0.29, 0.717) is 16.8 Å². The number of rotatable bonds is 3. The van der Waals surface area contributed by atoms with Crippen LogP contribution in [0.4, 0.5) is 11.4 Å².